The summed E-state index contributed by atoms with van der Waals surface area (Å²) in [5.74, 6) is 1.69. The molecule has 1 aliphatic rings. The van der Waals surface area contributed by atoms with Gasteiger partial charge < -0.3 is 25.0 Å². The lowest BCUT2D eigenvalue weighted by atomic mass is 10.0. The standard InChI is InChI=1S/C23H35N5O2S/c1-24-23(26-17-21(27(2)3)22-6-5-15-31-22)25-16-20(28-11-13-30-14-12-28)18-7-9-19(29-4)10-8-18/h5-10,15,20-21H,11-14,16-17H2,1-4H3,(H2,24,25,26). The normalized spacial score (nSPS) is 17.4. The minimum atomic E-state index is 0.232. The highest BCUT2D eigenvalue weighted by Crippen LogP contribution is 2.24. The predicted octanol–water partition coefficient (Wildman–Crippen LogP) is 2.60. The molecule has 1 aromatic heterocycles. The lowest BCUT2D eigenvalue weighted by Gasteiger charge is -2.35. The molecule has 2 N–H and O–H groups in total. The fraction of sp³-hybridized carbons (Fsp3) is 0.522. The van der Waals surface area contributed by atoms with Crippen LogP contribution < -0.4 is 15.4 Å². The maximum atomic E-state index is 5.57. The van der Waals surface area contributed by atoms with Crippen LogP contribution >= 0.6 is 11.3 Å². The van der Waals surface area contributed by atoms with Gasteiger partial charge in [0, 0.05) is 38.1 Å². The van der Waals surface area contributed by atoms with Crippen molar-refractivity contribution in [2.24, 2.45) is 4.99 Å². The van der Waals surface area contributed by atoms with Crippen molar-refractivity contribution in [1.29, 1.82) is 0 Å². The Bertz CT molecular complexity index is 789. The SMILES string of the molecule is CN=C(NCC(c1cccs1)N(C)C)NCC(c1ccc(OC)cc1)N1CCOCC1. The van der Waals surface area contributed by atoms with E-state index in [0.717, 1.165) is 51.1 Å². The van der Waals surface area contributed by atoms with Gasteiger partial charge in [-0.2, -0.15) is 0 Å². The Hall–Kier alpha value is -2.13. The summed E-state index contributed by atoms with van der Waals surface area (Å²) >= 11 is 1.79. The maximum absolute atomic E-state index is 5.57. The van der Waals surface area contributed by atoms with E-state index in [-0.39, 0.29) is 6.04 Å². The lowest BCUT2D eigenvalue weighted by molar-refractivity contribution is 0.0170. The summed E-state index contributed by atoms with van der Waals surface area (Å²) in [6.45, 7) is 4.93. The van der Waals surface area contributed by atoms with Crippen molar-refractivity contribution in [3.8, 4) is 5.75 Å². The van der Waals surface area contributed by atoms with E-state index in [1.165, 1.54) is 10.4 Å². The molecule has 0 radical (unpaired) electrons. The molecular weight excluding hydrogens is 410 g/mol. The first-order chi connectivity index (χ1) is 15.1. The van der Waals surface area contributed by atoms with Crippen LogP contribution in [0.3, 0.4) is 0 Å². The number of morpholine rings is 1. The van der Waals surface area contributed by atoms with Crippen LogP contribution in [0.5, 0.6) is 5.75 Å². The first-order valence-electron chi connectivity index (χ1n) is 10.7. The van der Waals surface area contributed by atoms with E-state index in [9.17, 15) is 0 Å². The van der Waals surface area contributed by atoms with Gasteiger partial charge in [0.2, 0.25) is 0 Å². The van der Waals surface area contributed by atoms with Crippen LogP contribution in [0, 0.1) is 0 Å². The molecule has 0 saturated carbocycles. The molecule has 2 heterocycles. The van der Waals surface area contributed by atoms with Gasteiger partial charge in [-0.1, -0.05) is 18.2 Å². The fourth-order valence-electron chi connectivity index (χ4n) is 3.80. The summed E-state index contributed by atoms with van der Waals surface area (Å²) in [7, 11) is 7.74. The number of benzene rings is 1. The van der Waals surface area contributed by atoms with E-state index < -0.39 is 0 Å². The Morgan fingerprint density at radius 1 is 1.16 bits per heavy atom. The minimum absolute atomic E-state index is 0.232. The molecule has 2 unspecified atom stereocenters. The second-order valence-electron chi connectivity index (χ2n) is 7.77. The monoisotopic (exact) mass is 445 g/mol. The van der Waals surface area contributed by atoms with Gasteiger partial charge in [0.15, 0.2) is 5.96 Å². The molecule has 31 heavy (non-hydrogen) atoms. The van der Waals surface area contributed by atoms with Crippen LogP contribution in [0.15, 0.2) is 46.8 Å². The molecule has 2 aromatic rings. The second kappa shape index (κ2) is 12.0. The van der Waals surface area contributed by atoms with Gasteiger partial charge >= 0.3 is 0 Å². The highest BCUT2D eigenvalue weighted by Gasteiger charge is 2.23. The van der Waals surface area contributed by atoms with E-state index in [2.05, 4.69) is 69.2 Å². The number of thiophene rings is 1. The first-order valence-corrected chi connectivity index (χ1v) is 11.6. The van der Waals surface area contributed by atoms with Crippen LogP contribution in [-0.4, -0.2) is 83.4 Å². The number of aliphatic imine (C=N–C) groups is 1. The Labute approximate surface area is 190 Å². The quantitative estimate of drug-likeness (QED) is 0.457. The zero-order chi connectivity index (χ0) is 22.1. The number of ether oxygens (including phenoxy) is 2. The van der Waals surface area contributed by atoms with Crippen LogP contribution in [-0.2, 0) is 4.74 Å². The van der Waals surface area contributed by atoms with Crippen molar-refractivity contribution in [2.45, 2.75) is 12.1 Å². The third kappa shape index (κ3) is 6.67. The summed E-state index contributed by atoms with van der Waals surface area (Å²) < 4.78 is 10.9. The minimum Gasteiger partial charge on any atom is -0.497 e. The van der Waals surface area contributed by atoms with Crippen molar-refractivity contribution in [2.75, 3.05) is 67.6 Å². The average Bonchev–Trinajstić information content (AvgIpc) is 3.33. The average molecular weight is 446 g/mol. The molecule has 170 valence electrons. The number of rotatable bonds is 9. The van der Waals surface area contributed by atoms with E-state index in [1.54, 1.807) is 18.4 Å². The van der Waals surface area contributed by atoms with E-state index in [1.807, 2.05) is 19.2 Å². The molecular formula is C23H35N5O2S. The molecule has 7 nitrogen and oxygen atoms in total. The molecule has 1 saturated heterocycles. The van der Waals surface area contributed by atoms with E-state index >= 15 is 0 Å². The van der Waals surface area contributed by atoms with Crippen molar-refractivity contribution in [1.82, 2.24) is 20.4 Å². The number of nitrogens with zero attached hydrogens (tertiary/aromatic N) is 3. The van der Waals surface area contributed by atoms with Gasteiger partial charge in [-0.25, -0.2) is 0 Å². The summed E-state index contributed by atoms with van der Waals surface area (Å²) in [4.78, 5) is 10.5. The number of hydrogen-bond acceptors (Lipinski definition) is 6. The zero-order valence-electron chi connectivity index (χ0n) is 19.0. The smallest absolute Gasteiger partial charge is 0.191 e. The van der Waals surface area contributed by atoms with Gasteiger partial charge in [0.25, 0.3) is 0 Å². The predicted molar refractivity (Wildman–Crippen MR) is 128 cm³/mol. The summed E-state index contributed by atoms with van der Waals surface area (Å²) in [6.07, 6.45) is 0. The van der Waals surface area contributed by atoms with E-state index in [4.69, 9.17) is 9.47 Å². The molecule has 0 aliphatic carbocycles. The van der Waals surface area contributed by atoms with Crippen molar-refractivity contribution in [3.05, 3.63) is 52.2 Å². The van der Waals surface area contributed by atoms with Crippen LogP contribution in [0.1, 0.15) is 22.5 Å². The fourth-order valence-corrected chi connectivity index (χ4v) is 4.72. The Morgan fingerprint density at radius 3 is 2.45 bits per heavy atom. The van der Waals surface area contributed by atoms with Crippen molar-refractivity contribution in [3.63, 3.8) is 0 Å². The Balaban J connectivity index is 1.64. The van der Waals surface area contributed by atoms with Crippen LogP contribution in [0.4, 0.5) is 0 Å². The van der Waals surface area contributed by atoms with Gasteiger partial charge in [-0.15, -0.1) is 11.3 Å². The first kappa shape index (κ1) is 23.5. The molecule has 1 aliphatic heterocycles. The van der Waals surface area contributed by atoms with Crippen LogP contribution in [0.25, 0.3) is 0 Å². The summed E-state index contributed by atoms with van der Waals surface area (Å²) in [5.41, 5.74) is 1.26. The third-order valence-corrected chi connectivity index (χ3v) is 6.60. The topological polar surface area (TPSA) is 61.4 Å². The maximum Gasteiger partial charge on any atom is 0.191 e. The third-order valence-electron chi connectivity index (χ3n) is 5.63. The highest BCUT2D eigenvalue weighted by atomic mass is 32.1. The molecule has 1 fully saturated rings. The van der Waals surface area contributed by atoms with Gasteiger partial charge in [-0.3, -0.25) is 9.89 Å². The highest BCUT2D eigenvalue weighted by molar-refractivity contribution is 7.10. The molecule has 0 amide bonds. The number of methoxy groups -OCH3 is 1. The van der Waals surface area contributed by atoms with Crippen molar-refractivity contribution < 1.29 is 9.47 Å². The van der Waals surface area contributed by atoms with E-state index in [0.29, 0.717) is 6.04 Å². The second-order valence-corrected chi connectivity index (χ2v) is 8.75. The molecule has 0 spiro atoms. The van der Waals surface area contributed by atoms with Gasteiger partial charge in [-0.05, 0) is 43.2 Å². The zero-order valence-corrected chi connectivity index (χ0v) is 19.8. The Kier molecular flexibility index (Phi) is 9.14. The Morgan fingerprint density at radius 2 is 1.87 bits per heavy atom. The molecule has 8 heteroatoms. The van der Waals surface area contributed by atoms with Crippen LogP contribution in [0.2, 0.25) is 0 Å². The number of guanidine groups is 1. The summed E-state index contributed by atoms with van der Waals surface area (Å²) in [6, 6.07) is 13.2. The van der Waals surface area contributed by atoms with Gasteiger partial charge in [0.05, 0.1) is 32.4 Å². The van der Waals surface area contributed by atoms with Crippen molar-refractivity contribution >= 4 is 17.3 Å². The molecule has 2 atom stereocenters. The molecule has 3 rings (SSSR count). The number of nitrogens with one attached hydrogen (secondary N) is 2. The largest absolute Gasteiger partial charge is 0.497 e. The molecule has 0 bridgehead atoms. The number of hydrogen-bond donors (Lipinski definition) is 2. The molecule has 1 aromatic carbocycles. The summed E-state index contributed by atoms with van der Waals surface area (Å²) in [5, 5.41) is 9.18. The number of likely N-dealkylation sites (N-methyl/N-ethyl adjacent to an activating group) is 1. The lowest BCUT2D eigenvalue weighted by Crippen LogP contribution is -2.47. The van der Waals surface area contributed by atoms with Gasteiger partial charge in [0.1, 0.15) is 5.75 Å².